The fraction of sp³-hybridized carbons (Fsp3) is 0.500. The molecule has 0 radical (unpaired) electrons. The summed E-state index contributed by atoms with van der Waals surface area (Å²) in [5.41, 5.74) is 3.05. The van der Waals surface area contributed by atoms with Crippen molar-refractivity contribution in [1.29, 1.82) is 0 Å². The van der Waals surface area contributed by atoms with Gasteiger partial charge in [-0.05, 0) is 33.3 Å². The number of hydrogen-bond acceptors (Lipinski definition) is 3. The van der Waals surface area contributed by atoms with Crippen molar-refractivity contribution in [2.75, 3.05) is 12.3 Å². The van der Waals surface area contributed by atoms with Gasteiger partial charge < -0.3 is 5.32 Å². The monoisotopic (exact) mass is 306 g/mol. The van der Waals surface area contributed by atoms with Gasteiger partial charge in [-0.2, -0.15) is 11.8 Å². The summed E-state index contributed by atoms with van der Waals surface area (Å²) < 4.78 is 0. The standard InChI is InChI=1S/C16H22N2O2S/c1-11-7-12(2)9-13(8-11)10-21-6-5-18-14(19)16(3,4)17-15(18)20/h7-9H,5-6,10H2,1-4H3,(H,17,20). The van der Waals surface area contributed by atoms with E-state index in [9.17, 15) is 9.59 Å². The number of nitrogens with one attached hydrogen (secondary N) is 1. The van der Waals surface area contributed by atoms with E-state index in [4.69, 9.17) is 0 Å². The molecule has 1 N–H and O–H groups in total. The second-order valence-corrected chi connectivity index (χ2v) is 7.17. The van der Waals surface area contributed by atoms with Crippen LogP contribution < -0.4 is 5.32 Å². The number of imide groups is 1. The van der Waals surface area contributed by atoms with E-state index in [0.717, 1.165) is 11.5 Å². The third-order valence-electron chi connectivity index (χ3n) is 3.45. The number of thioether (sulfide) groups is 1. The van der Waals surface area contributed by atoms with Crippen molar-refractivity contribution in [2.24, 2.45) is 0 Å². The molecule has 1 aromatic carbocycles. The first kappa shape index (κ1) is 15.9. The van der Waals surface area contributed by atoms with Crippen LogP contribution in [-0.2, 0) is 10.5 Å². The Morgan fingerprint density at radius 2 is 1.76 bits per heavy atom. The molecule has 0 aliphatic carbocycles. The molecule has 1 aliphatic rings. The summed E-state index contributed by atoms with van der Waals surface area (Å²) in [5, 5.41) is 2.69. The molecule has 1 heterocycles. The molecule has 2 rings (SSSR count). The molecule has 0 saturated carbocycles. The molecular weight excluding hydrogens is 284 g/mol. The Bertz CT molecular complexity index is 549. The molecule has 1 aliphatic heterocycles. The summed E-state index contributed by atoms with van der Waals surface area (Å²) in [4.78, 5) is 25.1. The number of rotatable bonds is 5. The fourth-order valence-corrected chi connectivity index (χ4v) is 3.38. The lowest BCUT2D eigenvalue weighted by Crippen LogP contribution is -2.40. The Morgan fingerprint density at radius 3 is 2.29 bits per heavy atom. The summed E-state index contributed by atoms with van der Waals surface area (Å²) in [6.45, 7) is 8.11. The number of aryl methyl sites for hydroxylation is 2. The molecule has 0 atom stereocenters. The smallest absolute Gasteiger partial charge is 0.324 e. The summed E-state index contributed by atoms with van der Waals surface area (Å²) in [5.74, 6) is 1.51. The minimum atomic E-state index is -0.768. The molecule has 1 fully saturated rings. The van der Waals surface area contributed by atoms with E-state index in [2.05, 4.69) is 37.4 Å². The number of urea groups is 1. The predicted octanol–water partition coefficient (Wildman–Crippen LogP) is 2.87. The highest BCUT2D eigenvalue weighted by Gasteiger charge is 2.43. The van der Waals surface area contributed by atoms with Crippen LogP contribution in [0, 0.1) is 13.8 Å². The second kappa shape index (κ2) is 6.10. The molecule has 0 bridgehead atoms. The van der Waals surface area contributed by atoms with Gasteiger partial charge in [0.05, 0.1) is 0 Å². The van der Waals surface area contributed by atoms with Crippen molar-refractivity contribution < 1.29 is 9.59 Å². The predicted molar refractivity (Wildman–Crippen MR) is 86.4 cm³/mol. The Kier molecular flexibility index (Phi) is 4.61. The van der Waals surface area contributed by atoms with Crippen molar-refractivity contribution in [3.05, 3.63) is 34.9 Å². The van der Waals surface area contributed by atoms with Gasteiger partial charge in [0.1, 0.15) is 5.54 Å². The summed E-state index contributed by atoms with van der Waals surface area (Å²) in [6.07, 6.45) is 0. The van der Waals surface area contributed by atoms with Crippen LogP contribution in [0.3, 0.4) is 0 Å². The van der Waals surface area contributed by atoms with Crippen LogP contribution in [-0.4, -0.2) is 34.7 Å². The zero-order valence-electron chi connectivity index (χ0n) is 13.0. The maximum Gasteiger partial charge on any atom is 0.325 e. The average Bonchev–Trinajstić information content (AvgIpc) is 2.54. The van der Waals surface area contributed by atoms with Crippen molar-refractivity contribution >= 4 is 23.7 Å². The van der Waals surface area contributed by atoms with E-state index in [-0.39, 0.29) is 11.9 Å². The highest BCUT2D eigenvalue weighted by atomic mass is 32.2. The normalized spacial score (nSPS) is 17.2. The Labute approximate surface area is 130 Å². The first-order valence-electron chi connectivity index (χ1n) is 7.08. The average molecular weight is 306 g/mol. The molecule has 1 aromatic rings. The summed E-state index contributed by atoms with van der Waals surface area (Å²) in [6, 6.07) is 6.23. The first-order valence-corrected chi connectivity index (χ1v) is 8.24. The minimum Gasteiger partial charge on any atom is -0.324 e. The number of amides is 3. The third kappa shape index (κ3) is 3.79. The van der Waals surface area contributed by atoms with Crippen molar-refractivity contribution in [3.63, 3.8) is 0 Å². The number of carbonyl (C=O) groups excluding carboxylic acids is 2. The van der Waals surface area contributed by atoms with E-state index in [0.29, 0.717) is 6.54 Å². The van der Waals surface area contributed by atoms with E-state index in [1.165, 1.54) is 21.6 Å². The van der Waals surface area contributed by atoms with Crippen LogP contribution in [0.4, 0.5) is 4.79 Å². The number of hydrogen-bond donors (Lipinski definition) is 1. The second-order valence-electron chi connectivity index (χ2n) is 6.06. The molecule has 0 aromatic heterocycles. The van der Waals surface area contributed by atoms with Gasteiger partial charge in [0.25, 0.3) is 5.91 Å². The summed E-state index contributed by atoms with van der Waals surface area (Å²) in [7, 11) is 0. The quantitative estimate of drug-likeness (QED) is 0.672. The molecule has 1 saturated heterocycles. The molecular formula is C16H22N2O2S. The lowest BCUT2D eigenvalue weighted by Gasteiger charge is -2.15. The van der Waals surface area contributed by atoms with Gasteiger partial charge in [-0.3, -0.25) is 9.69 Å². The number of nitrogens with zero attached hydrogens (tertiary/aromatic N) is 1. The van der Waals surface area contributed by atoms with Crippen molar-refractivity contribution in [2.45, 2.75) is 39.0 Å². The van der Waals surface area contributed by atoms with Crippen molar-refractivity contribution in [3.8, 4) is 0 Å². The van der Waals surface area contributed by atoms with Crippen LogP contribution in [0.5, 0.6) is 0 Å². The molecule has 5 heteroatoms. The maximum absolute atomic E-state index is 12.0. The van der Waals surface area contributed by atoms with Gasteiger partial charge in [-0.25, -0.2) is 4.79 Å². The van der Waals surface area contributed by atoms with Gasteiger partial charge in [-0.15, -0.1) is 0 Å². The first-order chi connectivity index (χ1) is 9.79. The van der Waals surface area contributed by atoms with Gasteiger partial charge in [0.15, 0.2) is 0 Å². The van der Waals surface area contributed by atoms with Gasteiger partial charge in [-0.1, -0.05) is 29.3 Å². The topological polar surface area (TPSA) is 49.4 Å². The van der Waals surface area contributed by atoms with Crippen LogP contribution in [0.25, 0.3) is 0 Å². The maximum atomic E-state index is 12.0. The van der Waals surface area contributed by atoms with Crippen LogP contribution in [0.15, 0.2) is 18.2 Å². The zero-order valence-corrected chi connectivity index (χ0v) is 13.8. The SMILES string of the molecule is Cc1cc(C)cc(CSCCN2C(=O)NC(C)(C)C2=O)c1. The van der Waals surface area contributed by atoms with Crippen LogP contribution in [0.2, 0.25) is 0 Å². The van der Waals surface area contributed by atoms with Crippen LogP contribution in [0.1, 0.15) is 30.5 Å². The minimum absolute atomic E-state index is 0.139. The number of carbonyl (C=O) groups is 2. The summed E-state index contributed by atoms with van der Waals surface area (Å²) >= 11 is 1.74. The highest BCUT2D eigenvalue weighted by Crippen LogP contribution is 2.19. The molecule has 0 spiro atoms. The van der Waals surface area contributed by atoms with E-state index in [1.54, 1.807) is 25.6 Å². The van der Waals surface area contributed by atoms with E-state index < -0.39 is 5.54 Å². The third-order valence-corrected chi connectivity index (χ3v) is 4.46. The molecule has 21 heavy (non-hydrogen) atoms. The van der Waals surface area contributed by atoms with Gasteiger partial charge in [0.2, 0.25) is 0 Å². The molecule has 0 unspecified atom stereocenters. The highest BCUT2D eigenvalue weighted by molar-refractivity contribution is 7.98. The largest absolute Gasteiger partial charge is 0.325 e. The number of benzene rings is 1. The lowest BCUT2D eigenvalue weighted by molar-refractivity contribution is -0.130. The zero-order chi connectivity index (χ0) is 15.6. The Morgan fingerprint density at radius 1 is 1.14 bits per heavy atom. The molecule has 4 nitrogen and oxygen atoms in total. The van der Waals surface area contributed by atoms with E-state index >= 15 is 0 Å². The molecule has 114 valence electrons. The van der Waals surface area contributed by atoms with Crippen LogP contribution >= 0.6 is 11.8 Å². The van der Waals surface area contributed by atoms with E-state index in [1.807, 2.05) is 0 Å². The Hall–Kier alpha value is -1.49. The van der Waals surface area contributed by atoms with Crippen molar-refractivity contribution in [1.82, 2.24) is 10.2 Å². The van der Waals surface area contributed by atoms with Gasteiger partial charge in [0, 0.05) is 18.1 Å². The van der Waals surface area contributed by atoms with Gasteiger partial charge >= 0.3 is 6.03 Å². The Balaban J connectivity index is 1.82. The lowest BCUT2D eigenvalue weighted by atomic mass is 10.1. The molecule has 3 amide bonds. The fourth-order valence-electron chi connectivity index (χ4n) is 2.52.